The van der Waals surface area contributed by atoms with Crippen LogP contribution in [0.3, 0.4) is 0 Å². The molecule has 11 heteroatoms. The third-order valence-corrected chi connectivity index (χ3v) is 11.1. The maximum atomic E-state index is 7.14. The number of likely N-dealkylation sites (tertiary alicyclic amines) is 1. The van der Waals surface area contributed by atoms with Gasteiger partial charge in [0.2, 0.25) is 11.8 Å². The van der Waals surface area contributed by atoms with E-state index in [1.807, 2.05) is 36.4 Å². The second-order valence-corrected chi connectivity index (χ2v) is 14.4. The van der Waals surface area contributed by atoms with E-state index in [0.29, 0.717) is 52.3 Å². The fourth-order valence-corrected chi connectivity index (χ4v) is 8.18. The molecule has 2 aromatic carbocycles. The van der Waals surface area contributed by atoms with E-state index in [1.54, 1.807) is 26.6 Å². The Morgan fingerprint density at radius 1 is 0.902 bits per heavy atom. The van der Waals surface area contributed by atoms with Crippen molar-refractivity contribution in [3.8, 4) is 45.4 Å². The minimum atomic E-state index is 0.369. The topological polar surface area (TPSA) is 97.3 Å². The maximum Gasteiger partial charge on any atom is 0.237 e. The summed E-state index contributed by atoms with van der Waals surface area (Å²) < 4.78 is 11.4. The van der Waals surface area contributed by atoms with Crippen molar-refractivity contribution < 1.29 is 9.47 Å². The number of hydrogen-bond acceptors (Lipinski definition) is 9. The number of methoxy groups -OCH3 is 2. The van der Waals surface area contributed by atoms with E-state index in [0.717, 1.165) is 83.7 Å². The zero-order valence-electron chi connectivity index (χ0n) is 30.1. The molecule has 4 heterocycles. The van der Waals surface area contributed by atoms with Crippen LogP contribution in [0.5, 0.6) is 11.8 Å². The van der Waals surface area contributed by atoms with Crippen molar-refractivity contribution in [1.29, 1.82) is 0 Å². The number of allylic oxidation sites excluding steroid dienone is 1. The molecule has 51 heavy (non-hydrogen) atoms. The SMILES string of the molecule is C=C1CC[C@@H](CNCc2ncc(-c3cccc(-c4cccc(-c5cnc(CN6CCC(C(CC)CCC)C6)c(OC)n5)c4Cl)c3Cl)nc2OC)N1. The van der Waals surface area contributed by atoms with Crippen LogP contribution in [0.2, 0.25) is 10.0 Å². The van der Waals surface area contributed by atoms with E-state index in [4.69, 9.17) is 52.6 Å². The predicted molar refractivity (Wildman–Crippen MR) is 206 cm³/mol. The number of nitrogens with one attached hydrogen (secondary N) is 2. The Bertz CT molecular complexity index is 1840. The van der Waals surface area contributed by atoms with Crippen LogP contribution in [0.25, 0.3) is 33.6 Å². The van der Waals surface area contributed by atoms with Gasteiger partial charge in [0, 0.05) is 60.2 Å². The van der Waals surface area contributed by atoms with Gasteiger partial charge in [-0.15, -0.1) is 0 Å². The molecule has 9 nitrogen and oxygen atoms in total. The summed E-state index contributed by atoms with van der Waals surface area (Å²) in [4.78, 5) is 21.7. The summed E-state index contributed by atoms with van der Waals surface area (Å²) in [5, 5.41) is 7.90. The van der Waals surface area contributed by atoms with Crippen LogP contribution in [0.4, 0.5) is 0 Å². The normalized spacial score (nSPS) is 18.2. The number of ether oxygens (including phenoxy) is 2. The highest BCUT2D eigenvalue weighted by Crippen LogP contribution is 2.42. The molecule has 2 unspecified atom stereocenters. The molecule has 0 amide bonds. The lowest BCUT2D eigenvalue weighted by molar-refractivity contribution is 0.261. The van der Waals surface area contributed by atoms with Crippen molar-refractivity contribution in [2.24, 2.45) is 11.8 Å². The molecule has 6 rings (SSSR count). The van der Waals surface area contributed by atoms with Crippen LogP contribution in [0, 0.1) is 11.8 Å². The molecule has 2 aliphatic rings. The average molecular weight is 731 g/mol. The van der Waals surface area contributed by atoms with Gasteiger partial charge < -0.3 is 20.1 Å². The van der Waals surface area contributed by atoms with E-state index in [1.165, 1.54) is 25.7 Å². The zero-order chi connectivity index (χ0) is 35.9. The lowest BCUT2D eigenvalue weighted by Gasteiger charge is -2.22. The van der Waals surface area contributed by atoms with Crippen LogP contribution < -0.4 is 20.1 Å². The first-order chi connectivity index (χ1) is 24.8. The zero-order valence-corrected chi connectivity index (χ0v) is 31.7. The molecule has 0 saturated carbocycles. The predicted octanol–water partition coefficient (Wildman–Crippen LogP) is 8.60. The Kier molecular flexibility index (Phi) is 12.5. The van der Waals surface area contributed by atoms with Crippen LogP contribution in [-0.2, 0) is 13.1 Å². The fourth-order valence-electron chi connectivity index (χ4n) is 7.53. The van der Waals surface area contributed by atoms with Crippen molar-refractivity contribution in [3.05, 3.63) is 82.5 Å². The van der Waals surface area contributed by atoms with Gasteiger partial charge in [0.25, 0.3) is 0 Å². The molecule has 2 N–H and O–H groups in total. The number of nitrogens with zero attached hydrogens (tertiary/aromatic N) is 5. The van der Waals surface area contributed by atoms with Gasteiger partial charge in [0.15, 0.2) is 0 Å². The van der Waals surface area contributed by atoms with E-state index < -0.39 is 0 Å². The summed E-state index contributed by atoms with van der Waals surface area (Å²) in [6, 6.07) is 12.0. The minimum absolute atomic E-state index is 0.369. The summed E-state index contributed by atoms with van der Waals surface area (Å²) in [5.74, 6) is 2.49. The number of rotatable bonds is 15. The molecule has 2 aromatic heterocycles. The van der Waals surface area contributed by atoms with Gasteiger partial charge in [-0.1, -0.05) is 99.3 Å². The molecule has 2 saturated heterocycles. The molecule has 0 radical (unpaired) electrons. The quantitative estimate of drug-likeness (QED) is 0.125. The Morgan fingerprint density at radius 3 is 2.08 bits per heavy atom. The Morgan fingerprint density at radius 2 is 1.51 bits per heavy atom. The third-order valence-electron chi connectivity index (χ3n) is 10.3. The second-order valence-electron chi connectivity index (χ2n) is 13.6. The highest BCUT2D eigenvalue weighted by molar-refractivity contribution is 6.39. The van der Waals surface area contributed by atoms with Gasteiger partial charge in [-0.3, -0.25) is 14.9 Å². The van der Waals surface area contributed by atoms with Crippen LogP contribution in [0.15, 0.2) is 61.1 Å². The fraction of sp³-hybridized carbons (Fsp3) is 0.450. The molecule has 0 spiro atoms. The Hall–Kier alpha value is -3.76. The Labute approximate surface area is 312 Å². The average Bonchev–Trinajstić information content (AvgIpc) is 3.79. The van der Waals surface area contributed by atoms with Gasteiger partial charge in [-0.2, -0.15) is 0 Å². The van der Waals surface area contributed by atoms with E-state index in [9.17, 15) is 0 Å². The monoisotopic (exact) mass is 729 g/mol. The van der Waals surface area contributed by atoms with Crippen LogP contribution in [-0.4, -0.2) is 64.7 Å². The highest BCUT2D eigenvalue weighted by Gasteiger charge is 2.29. The van der Waals surface area contributed by atoms with Crippen molar-refractivity contribution in [2.45, 2.75) is 71.5 Å². The molecule has 2 fully saturated rings. The number of halogens is 2. The van der Waals surface area contributed by atoms with Gasteiger partial charge in [0.1, 0.15) is 11.4 Å². The maximum absolute atomic E-state index is 7.14. The van der Waals surface area contributed by atoms with E-state index >= 15 is 0 Å². The molecule has 3 atom stereocenters. The minimum Gasteiger partial charge on any atom is -0.480 e. The molecule has 0 bridgehead atoms. The first-order valence-corrected chi connectivity index (χ1v) is 18.8. The van der Waals surface area contributed by atoms with Crippen molar-refractivity contribution in [1.82, 2.24) is 35.5 Å². The largest absolute Gasteiger partial charge is 0.480 e. The van der Waals surface area contributed by atoms with Crippen LogP contribution in [0.1, 0.15) is 63.8 Å². The second kappa shape index (κ2) is 17.2. The molecule has 2 aliphatic heterocycles. The highest BCUT2D eigenvalue weighted by atomic mass is 35.5. The summed E-state index contributed by atoms with van der Waals surface area (Å²) >= 11 is 14.2. The summed E-state index contributed by atoms with van der Waals surface area (Å²) in [6.07, 6.45) is 10.6. The summed E-state index contributed by atoms with van der Waals surface area (Å²) in [7, 11) is 3.25. The Balaban J connectivity index is 1.20. The molecule has 270 valence electrons. The number of hydrogen-bond donors (Lipinski definition) is 2. The lowest BCUT2D eigenvalue weighted by Crippen LogP contribution is -2.33. The standard InChI is InChI=1S/C40H49Cl2N7O2/c1-6-10-26(7-2)27-17-18-49(23-27)24-36-40(51-5)48-34(22-45-36)32-14-9-12-30(38(32)42)29-11-8-13-31(37(29)41)33-21-44-35(39(47-33)50-4)20-43-19-28-16-15-25(3)46-28/h8-9,11-14,21-22,26-28,43,46H,3,6-7,10,15-20,23-24H2,1-2,4-5H3/t26?,27?,28-/m0/s1. The first-order valence-electron chi connectivity index (χ1n) is 18.1. The van der Waals surface area contributed by atoms with Gasteiger partial charge >= 0.3 is 0 Å². The molecule has 0 aliphatic carbocycles. The van der Waals surface area contributed by atoms with E-state index in [-0.39, 0.29) is 0 Å². The van der Waals surface area contributed by atoms with Gasteiger partial charge in [-0.05, 0) is 37.6 Å². The lowest BCUT2D eigenvalue weighted by atomic mass is 9.86. The van der Waals surface area contributed by atoms with Gasteiger partial charge in [-0.25, -0.2) is 9.97 Å². The molecule has 4 aromatic rings. The molecular weight excluding hydrogens is 681 g/mol. The van der Waals surface area contributed by atoms with Crippen LogP contribution >= 0.6 is 23.2 Å². The summed E-state index contributed by atoms with van der Waals surface area (Å²) in [6.45, 7) is 12.8. The third kappa shape index (κ3) is 8.49. The van der Waals surface area contributed by atoms with Crippen molar-refractivity contribution in [3.63, 3.8) is 0 Å². The van der Waals surface area contributed by atoms with E-state index in [2.05, 4.69) is 36.0 Å². The van der Waals surface area contributed by atoms with Crippen molar-refractivity contribution >= 4 is 23.2 Å². The smallest absolute Gasteiger partial charge is 0.237 e. The van der Waals surface area contributed by atoms with Crippen molar-refractivity contribution in [2.75, 3.05) is 33.9 Å². The number of benzene rings is 2. The first kappa shape index (κ1) is 37.0. The van der Waals surface area contributed by atoms with Gasteiger partial charge in [0.05, 0.1) is 48.0 Å². The number of aromatic nitrogens is 4. The summed E-state index contributed by atoms with van der Waals surface area (Å²) in [5.41, 5.74) is 6.91. The molecular formula is C40H49Cl2N7O2.